The zero-order chi connectivity index (χ0) is 19.8. The summed E-state index contributed by atoms with van der Waals surface area (Å²) in [4.78, 5) is 29.2. The number of hydrogen-bond donors (Lipinski definition) is 1. The third-order valence-electron chi connectivity index (χ3n) is 4.79. The number of nitrogens with one attached hydrogen (secondary N) is 1. The Morgan fingerprint density at radius 1 is 1.37 bits per heavy atom. The molecular weight excluding hydrogens is 434 g/mol. The second-order valence-electron chi connectivity index (χ2n) is 6.70. The largest absolute Gasteiger partial charge is 0.347 e. The summed E-state index contributed by atoms with van der Waals surface area (Å²) < 4.78 is 25.3. The first-order chi connectivity index (χ1) is 12.7. The Labute approximate surface area is 165 Å². The molecule has 1 aliphatic carbocycles. The van der Waals surface area contributed by atoms with Crippen LogP contribution in [-0.2, 0) is 16.4 Å². The fourth-order valence-corrected chi connectivity index (χ4v) is 3.87. The minimum absolute atomic E-state index is 0.0760. The van der Waals surface area contributed by atoms with Crippen molar-refractivity contribution in [2.24, 2.45) is 0 Å². The van der Waals surface area contributed by atoms with Gasteiger partial charge in [-0.3, -0.25) is 14.6 Å². The van der Waals surface area contributed by atoms with Gasteiger partial charge in [-0.2, -0.15) is 0 Å². The minimum Gasteiger partial charge on any atom is -0.347 e. The highest BCUT2D eigenvalue weighted by Gasteiger charge is 2.24. The molecule has 0 aromatic carbocycles. The van der Waals surface area contributed by atoms with Crippen molar-refractivity contribution in [1.82, 2.24) is 14.9 Å². The molecule has 7 nitrogen and oxygen atoms in total. The maximum atomic E-state index is 12.5. The summed E-state index contributed by atoms with van der Waals surface area (Å²) in [6.45, 7) is 1.95. The predicted octanol–water partition coefficient (Wildman–Crippen LogP) is 2.37. The number of amides is 1. The maximum absolute atomic E-state index is 12.5. The normalized spacial score (nSPS) is 14.6. The zero-order valence-electron chi connectivity index (χ0n) is 15.0. The van der Waals surface area contributed by atoms with Crippen LogP contribution < -0.4 is 10.7 Å². The van der Waals surface area contributed by atoms with E-state index < -0.39 is 15.7 Å². The molecule has 9 heteroatoms. The second-order valence-corrected chi connectivity index (χ2v) is 9.51. The zero-order valence-corrected chi connectivity index (χ0v) is 17.4. The van der Waals surface area contributed by atoms with Crippen LogP contribution in [0.2, 0.25) is 0 Å². The molecule has 0 spiro atoms. The van der Waals surface area contributed by atoms with Crippen molar-refractivity contribution in [2.45, 2.75) is 43.7 Å². The molecule has 144 valence electrons. The molecule has 3 rings (SSSR count). The third kappa shape index (κ3) is 4.14. The molecule has 0 saturated heterocycles. The summed E-state index contributed by atoms with van der Waals surface area (Å²) in [5.74, 6) is -0.484. The lowest BCUT2D eigenvalue weighted by Crippen LogP contribution is -2.32. The van der Waals surface area contributed by atoms with Crippen LogP contribution in [0.15, 0.2) is 38.7 Å². The van der Waals surface area contributed by atoms with Gasteiger partial charge in [0.2, 0.25) is 5.43 Å². The van der Waals surface area contributed by atoms with Crippen molar-refractivity contribution in [2.75, 3.05) is 6.26 Å². The first-order valence-electron chi connectivity index (χ1n) is 8.53. The smallest absolute Gasteiger partial charge is 0.257 e. The quantitative estimate of drug-likeness (QED) is 0.748. The molecule has 2 aromatic heterocycles. The lowest BCUT2D eigenvalue weighted by atomic mass is 9.92. The van der Waals surface area contributed by atoms with Crippen LogP contribution in [0, 0.1) is 6.92 Å². The molecule has 1 aliphatic rings. The highest BCUT2D eigenvalue weighted by molar-refractivity contribution is 9.10. The summed E-state index contributed by atoms with van der Waals surface area (Å²) in [5.41, 5.74) is 1.05. The summed E-state index contributed by atoms with van der Waals surface area (Å²) >= 11 is 3.31. The molecule has 1 N–H and O–H groups in total. The van der Waals surface area contributed by atoms with Crippen molar-refractivity contribution in [3.8, 4) is 0 Å². The number of nitrogens with zero attached hydrogens (tertiary/aromatic N) is 2. The van der Waals surface area contributed by atoms with E-state index >= 15 is 0 Å². The van der Waals surface area contributed by atoms with Gasteiger partial charge in [-0.25, -0.2) is 8.42 Å². The topological polar surface area (TPSA) is 98.1 Å². The Bertz CT molecular complexity index is 1040. The van der Waals surface area contributed by atoms with Gasteiger partial charge in [0.15, 0.2) is 9.84 Å². The Morgan fingerprint density at radius 3 is 2.59 bits per heavy atom. The fourth-order valence-electron chi connectivity index (χ4n) is 2.90. The predicted molar refractivity (Wildman–Crippen MR) is 105 cm³/mol. The lowest BCUT2D eigenvalue weighted by molar-refractivity contribution is 0.0948. The van der Waals surface area contributed by atoms with Gasteiger partial charge >= 0.3 is 0 Å². The Morgan fingerprint density at radius 2 is 2.07 bits per heavy atom. The van der Waals surface area contributed by atoms with E-state index in [0.29, 0.717) is 16.2 Å². The maximum Gasteiger partial charge on any atom is 0.257 e. The van der Waals surface area contributed by atoms with Crippen molar-refractivity contribution < 1.29 is 13.2 Å². The van der Waals surface area contributed by atoms with Crippen molar-refractivity contribution >= 4 is 31.7 Å². The van der Waals surface area contributed by atoms with Crippen molar-refractivity contribution in [3.05, 3.63) is 56.2 Å². The van der Waals surface area contributed by atoms with Gasteiger partial charge < -0.3 is 9.88 Å². The highest BCUT2D eigenvalue weighted by Crippen LogP contribution is 2.33. The van der Waals surface area contributed by atoms with Crippen LogP contribution in [-0.4, -0.2) is 30.1 Å². The van der Waals surface area contributed by atoms with Crippen LogP contribution in [0.4, 0.5) is 0 Å². The van der Waals surface area contributed by atoms with E-state index in [9.17, 15) is 18.0 Å². The minimum atomic E-state index is -3.32. The van der Waals surface area contributed by atoms with E-state index in [2.05, 4.69) is 26.2 Å². The van der Waals surface area contributed by atoms with E-state index in [1.807, 2.05) is 11.5 Å². The Hall–Kier alpha value is -2.00. The number of sulfone groups is 1. The van der Waals surface area contributed by atoms with Gasteiger partial charge in [0.25, 0.3) is 5.91 Å². The standard InChI is InChI=1S/C18H20BrN3O4S/c1-11-16(19)17(23)15(10-22(11)13-4-3-5-13)18(24)21-8-12-6-7-14(9-20-12)27(2,25)26/h6-7,9-10,13H,3-5,8H2,1-2H3,(H,21,24). The number of hydrogen-bond acceptors (Lipinski definition) is 5. The summed E-state index contributed by atoms with van der Waals surface area (Å²) in [7, 11) is -3.32. The van der Waals surface area contributed by atoms with Crippen LogP contribution in [0.1, 0.15) is 47.1 Å². The Kier molecular flexibility index (Phi) is 5.53. The number of halogens is 1. The highest BCUT2D eigenvalue weighted by atomic mass is 79.9. The Balaban J connectivity index is 1.78. The number of carbonyl (C=O) groups is 1. The second kappa shape index (κ2) is 7.55. The molecule has 2 heterocycles. The van der Waals surface area contributed by atoms with Crippen LogP contribution in [0.3, 0.4) is 0 Å². The number of aromatic nitrogens is 2. The molecule has 0 atom stereocenters. The van der Waals surface area contributed by atoms with Gasteiger partial charge in [0, 0.05) is 30.4 Å². The van der Waals surface area contributed by atoms with Crippen LogP contribution >= 0.6 is 15.9 Å². The molecule has 0 bridgehead atoms. The molecule has 0 radical (unpaired) electrons. The molecule has 27 heavy (non-hydrogen) atoms. The van der Waals surface area contributed by atoms with Crippen molar-refractivity contribution in [3.63, 3.8) is 0 Å². The summed E-state index contributed by atoms with van der Waals surface area (Å²) in [6, 6.07) is 3.29. The van der Waals surface area contributed by atoms with Gasteiger partial charge in [-0.1, -0.05) is 0 Å². The fraction of sp³-hybridized carbons (Fsp3) is 0.389. The van der Waals surface area contributed by atoms with Gasteiger partial charge in [-0.15, -0.1) is 0 Å². The average Bonchev–Trinajstić information content (AvgIpc) is 2.58. The van der Waals surface area contributed by atoms with E-state index in [-0.39, 0.29) is 22.4 Å². The average molecular weight is 454 g/mol. The number of rotatable bonds is 5. The van der Waals surface area contributed by atoms with Gasteiger partial charge in [0.05, 0.1) is 21.6 Å². The molecule has 1 fully saturated rings. The third-order valence-corrected chi connectivity index (χ3v) is 6.82. The monoisotopic (exact) mass is 453 g/mol. The van der Waals surface area contributed by atoms with E-state index in [1.54, 1.807) is 6.20 Å². The van der Waals surface area contributed by atoms with E-state index in [4.69, 9.17) is 0 Å². The lowest BCUT2D eigenvalue weighted by Gasteiger charge is -2.31. The van der Waals surface area contributed by atoms with Crippen LogP contribution in [0.5, 0.6) is 0 Å². The first-order valence-corrected chi connectivity index (χ1v) is 11.2. The van der Waals surface area contributed by atoms with Gasteiger partial charge in [-0.05, 0) is 54.2 Å². The van der Waals surface area contributed by atoms with Gasteiger partial charge in [0.1, 0.15) is 5.56 Å². The summed E-state index contributed by atoms with van der Waals surface area (Å²) in [6.07, 6.45) is 7.20. The summed E-state index contributed by atoms with van der Waals surface area (Å²) in [5, 5.41) is 2.68. The SMILES string of the molecule is Cc1c(Br)c(=O)c(C(=O)NCc2ccc(S(C)(=O)=O)cn2)cn1C1CCC1. The molecular formula is C18H20BrN3O4S. The van der Waals surface area contributed by atoms with Crippen molar-refractivity contribution in [1.29, 1.82) is 0 Å². The molecule has 0 unspecified atom stereocenters. The molecule has 1 amide bonds. The van der Waals surface area contributed by atoms with E-state index in [1.165, 1.54) is 18.3 Å². The number of carbonyl (C=O) groups excluding carboxylic acids is 1. The first kappa shape index (κ1) is 19.8. The molecule has 1 saturated carbocycles. The molecule has 0 aliphatic heterocycles. The molecule has 2 aromatic rings. The van der Waals surface area contributed by atoms with E-state index in [0.717, 1.165) is 31.2 Å². The number of pyridine rings is 2. The van der Waals surface area contributed by atoms with Crippen LogP contribution in [0.25, 0.3) is 0 Å².